The quantitative estimate of drug-likeness (QED) is 0.313. The van der Waals surface area contributed by atoms with Gasteiger partial charge in [-0.25, -0.2) is 17.9 Å². The van der Waals surface area contributed by atoms with Crippen molar-refractivity contribution in [3.8, 4) is 0 Å². The maximum atomic E-state index is 12.1. The maximum absolute atomic E-state index is 12.1. The van der Waals surface area contributed by atoms with Crippen molar-refractivity contribution in [2.45, 2.75) is 11.3 Å². The van der Waals surface area contributed by atoms with Crippen LogP contribution < -0.4 is 4.72 Å². The van der Waals surface area contributed by atoms with Crippen LogP contribution in [0.3, 0.4) is 0 Å². The molecule has 0 amide bonds. The van der Waals surface area contributed by atoms with Gasteiger partial charge in [0.1, 0.15) is 4.90 Å². The second-order valence-corrected chi connectivity index (χ2v) is 5.61. The molecule has 0 spiro atoms. The number of methoxy groups -OCH3 is 1. The summed E-state index contributed by atoms with van der Waals surface area (Å²) in [5, 5.41) is 19.6. The smallest absolute Gasteiger partial charge is 0.346 e. The van der Waals surface area contributed by atoms with Crippen molar-refractivity contribution < 1.29 is 28.0 Å². The second-order valence-electron chi connectivity index (χ2n) is 3.87. The van der Waals surface area contributed by atoms with Gasteiger partial charge in [0, 0.05) is 19.2 Å². The lowest BCUT2D eigenvalue weighted by molar-refractivity contribution is -0.385. The van der Waals surface area contributed by atoms with E-state index in [1.807, 2.05) is 0 Å². The molecule has 0 radical (unpaired) electrons. The first-order valence-electron chi connectivity index (χ1n) is 5.81. The minimum absolute atomic E-state index is 0.0673. The molecule has 0 aliphatic rings. The van der Waals surface area contributed by atoms with E-state index in [0.717, 1.165) is 25.3 Å². The Balaban J connectivity index is 3.38. The van der Waals surface area contributed by atoms with Gasteiger partial charge in [-0.1, -0.05) is 6.07 Å². The standard InChI is InChI=1S/C11H14N2O7S/c1-20-11(15)10-8(13(16)17)4-2-5-9(10)21(18,19)12-6-3-7-14/h2,4-5,12,14H,3,6-7H2,1H3. The summed E-state index contributed by atoms with van der Waals surface area (Å²) >= 11 is 0. The molecule has 1 aromatic carbocycles. The van der Waals surface area contributed by atoms with Gasteiger partial charge in [-0.15, -0.1) is 0 Å². The molecule has 116 valence electrons. The lowest BCUT2D eigenvalue weighted by Gasteiger charge is -2.10. The lowest BCUT2D eigenvalue weighted by Crippen LogP contribution is -2.27. The number of carbonyl (C=O) groups is 1. The van der Waals surface area contributed by atoms with Crippen molar-refractivity contribution in [3.05, 3.63) is 33.9 Å². The fourth-order valence-corrected chi connectivity index (χ4v) is 2.85. The first-order chi connectivity index (χ1) is 9.85. The van der Waals surface area contributed by atoms with Gasteiger partial charge in [-0.3, -0.25) is 10.1 Å². The molecule has 0 unspecified atom stereocenters. The van der Waals surface area contributed by atoms with Crippen molar-refractivity contribution in [2.75, 3.05) is 20.3 Å². The van der Waals surface area contributed by atoms with E-state index in [4.69, 9.17) is 5.11 Å². The van der Waals surface area contributed by atoms with Crippen LogP contribution in [0.2, 0.25) is 0 Å². The number of rotatable bonds is 7. The molecule has 10 heteroatoms. The highest BCUT2D eigenvalue weighted by atomic mass is 32.2. The molecule has 0 atom stereocenters. The summed E-state index contributed by atoms with van der Waals surface area (Å²) in [4.78, 5) is 21.2. The highest BCUT2D eigenvalue weighted by molar-refractivity contribution is 7.89. The number of carbonyl (C=O) groups excluding carboxylic acids is 1. The number of nitrogens with zero attached hydrogens (tertiary/aromatic N) is 1. The molecule has 0 saturated heterocycles. The fourth-order valence-electron chi connectivity index (χ4n) is 1.57. The lowest BCUT2D eigenvalue weighted by atomic mass is 10.2. The SMILES string of the molecule is COC(=O)c1c([N+](=O)[O-])cccc1S(=O)(=O)NCCCO. The van der Waals surface area contributed by atoms with E-state index in [-0.39, 0.29) is 19.6 Å². The predicted octanol–water partition coefficient (Wildman–Crippen LogP) is 0.0421. The van der Waals surface area contributed by atoms with Gasteiger partial charge in [-0.05, 0) is 12.5 Å². The summed E-state index contributed by atoms with van der Waals surface area (Å²) in [6.07, 6.45) is 0.168. The Hall–Kier alpha value is -2.04. The van der Waals surface area contributed by atoms with Crippen molar-refractivity contribution in [1.82, 2.24) is 4.72 Å². The van der Waals surface area contributed by atoms with E-state index in [1.165, 1.54) is 0 Å². The molecule has 0 aromatic heterocycles. The molecular formula is C11H14N2O7S. The Bertz CT molecular complexity index is 642. The molecule has 0 fully saturated rings. The van der Waals surface area contributed by atoms with E-state index in [1.54, 1.807) is 0 Å². The van der Waals surface area contributed by atoms with Gasteiger partial charge >= 0.3 is 5.97 Å². The zero-order valence-corrected chi connectivity index (χ0v) is 11.9. The normalized spacial score (nSPS) is 11.1. The number of esters is 1. The summed E-state index contributed by atoms with van der Waals surface area (Å²) in [6, 6.07) is 3.24. The molecule has 21 heavy (non-hydrogen) atoms. The average molecular weight is 318 g/mol. The molecular weight excluding hydrogens is 304 g/mol. The van der Waals surface area contributed by atoms with E-state index in [0.29, 0.717) is 0 Å². The van der Waals surface area contributed by atoms with Gasteiger partial charge in [0.25, 0.3) is 5.69 Å². The zero-order valence-electron chi connectivity index (χ0n) is 11.1. The van der Waals surface area contributed by atoms with Crippen LogP contribution in [-0.2, 0) is 14.8 Å². The molecule has 1 rings (SSSR count). The van der Waals surface area contributed by atoms with Crippen LogP contribution in [0.4, 0.5) is 5.69 Å². The topological polar surface area (TPSA) is 136 Å². The Morgan fingerprint density at radius 2 is 2.14 bits per heavy atom. The number of ether oxygens (including phenoxy) is 1. The molecule has 0 saturated carbocycles. The van der Waals surface area contributed by atoms with Crippen LogP contribution in [0.5, 0.6) is 0 Å². The number of benzene rings is 1. The number of nitrogens with one attached hydrogen (secondary N) is 1. The molecule has 0 aliphatic heterocycles. The van der Waals surface area contributed by atoms with E-state index < -0.39 is 37.1 Å². The summed E-state index contributed by atoms with van der Waals surface area (Å²) in [5.41, 5.74) is -1.30. The zero-order chi connectivity index (χ0) is 16.0. The summed E-state index contributed by atoms with van der Waals surface area (Å²) in [7, 11) is -3.15. The number of nitro groups is 1. The number of aliphatic hydroxyl groups excluding tert-OH is 1. The van der Waals surface area contributed by atoms with Gasteiger partial charge in [0.05, 0.1) is 12.0 Å². The Kier molecular flexibility index (Phi) is 5.76. The first-order valence-corrected chi connectivity index (χ1v) is 7.29. The van der Waals surface area contributed by atoms with E-state index in [9.17, 15) is 23.3 Å². The third-order valence-electron chi connectivity index (χ3n) is 2.51. The van der Waals surface area contributed by atoms with Gasteiger partial charge in [0.2, 0.25) is 10.0 Å². The van der Waals surface area contributed by atoms with Crippen LogP contribution in [-0.4, -0.2) is 44.7 Å². The monoisotopic (exact) mass is 318 g/mol. The fraction of sp³-hybridized carbons (Fsp3) is 0.364. The molecule has 2 N–H and O–H groups in total. The van der Waals surface area contributed by atoms with Crippen LogP contribution in [0, 0.1) is 10.1 Å². The van der Waals surface area contributed by atoms with Crippen molar-refractivity contribution in [3.63, 3.8) is 0 Å². The first kappa shape index (κ1) is 17.0. The number of aliphatic hydroxyl groups is 1. The van der Waals surface area contributed by atoms with Crippen LogP contribution >= 0.6 is 0 Å². The van der Waals surface area contributed by atoms with Crippen LogP contribution in [0.1, 0.15) is 16.8 Å². The van der Waals surface area contributed by atoms with E-state index in [2.05, 4.69) is 9.46 Å². The minimum Gasteiger partial charge on any atom is -0.465 e. The summed E-state index contributed by atoms with van der Waals surface area (Å²) < 4.78 is 30.8. The largest absolute Gasteiger partial charge is 0.465 e. The molecule has 0 heterocycles. The number of hydrogen-bond donors (Lipinski definition) is 2. The average Bonchev–Trinajstić information content (AvgIpc) is 2.45. The van der Waals surface area contributed by atoms with Crippen LogP contribution in [0.15, 0.2) is 23.1 Å². The van der Waals surface area contributed by atoms with E-state index >= 15 is 0 Å². The molecule has 0 aliphatic carbocycles. The third kappa shape index (κ3) is 3.97. The van der Waals surface area contributed by atoms with Gasteiger partial charge in [-0.2, -0.15) is 0 Å². The third-order valence-corrected chi connectivity index (χ3v) is 4.01. The Morgan fingerprint density at radius 3 is 2.67 bits per heavy atom. The van der Waals surface area contributed by atoms with Crippen LogP contribution in [0.25, 0.3) is 0 Å². The highest BCUT2D eigenvalue weighted by Gasteiger charge is 2.30. The number of sulfonamides is 1. The van der Waals surface area contributed by atoms with Crippen molar-refractivity contribution in [2.24, 2.45) is 0 Å². The Morgan fingerprint density at radius 1 is 1.48 bits per heavy atom. The predicted molar refractivity (Wildman–Crippen MR) is 71.3 cm³/mol. The highest BCUT2D eigenvalue weighted by Crippen LogP contribution is 2.26. The number of hydrogen-bond acceptors (Lipinski definition) is 7. The molecule has 0 bridgehead atoms. The maximum Gasteiger partial charge on any atom is 0.346 e. The Labute approximate surface area is 120 Å². The second kappa shape index (κ2) is 7.11. The number of nitro benzene ring substituents is 1. The van der Waals surface area contributed by atoms with Gasteiger partial charge < -0.3 is 9.84 Å². The minimum atomic E-state index is -4.14. The molecule has 9 nitrogen and oxygen atoms in total. The summed E-state index contributed by atoms with van der Waals surface area (Å²) in [6.45, 7) is -0.288. The molecule has 1 aromatic rings. The van der Waals surface area contributed by atoms with Gasteiger partial charge in [0.15, 0.2) is 5.56 Å². The van der Waals surface area contributed by atoms with Crippen molar-refractivity contribution >= 4 is 21.7 Å². The van der Waals surface area contributed by atoms with Crippen molar-refractivity contribution in [1.29, 1.82) is 0 Å². The summed E-state index contributed by atoms with van der Waals surface area (Å²) in [5.74, 6) is -1.12.